The minimum absolute atomic E-state index is 0.00796. The molecule has 0 aliphatic carbocycles. The maximum Gasteiger partial charge on any atom is 0.291 e. The number of aryl methyl sites for hydroxylation is 1. The Morgan fingerprint density at radius 2 is 2.33 bits per heavy atom. The molecular formula is C6H6IN3O2. The monoisotopic (exact) mass is 279 g/mol. The quantitative estimate of drug-likeness (QED) is 0.479. The summed E-state index contributed by atoms with van der Waals surface area (Å²) in [5.74, 6) is 0.332. The van der Waals surface area contributed by atoms with E-state index in [0.29, 0.717) is 15.1 Å². The van der Waals surface area contributed by atoms with Gasteiger partial charge < -0.3 is 5.73 Å². The van der Waals surface area contributed by atoms with Gasteiger partial charge in [-0.25, -0.2) is 4.98 Å². The van der Waals surface area contributed by atoms with Gasteiger partial charge in [0.15, 0.2) is 0 Å². The van der Waals surface area contributed by atoms with Crippen molar-refractivity contribution in [2.24, 2.45) is 0 Å². The van der Waals surface area contributed by atoms with E-state index in [4.69, 9.17) is 5.73 Å². The molecule has 0 atom stereocenters. The van der Waals surface area contributed by atoms with Gasteiger partial charge in [0, 0.05) is 6.07 Å². The fraction of sp³-hybridized carbons (Fsp3) is 0.167. The molecule has 0 unspecified atom stereocenters. The largest absolute Gasteiger partial charge is 0.383 e. The molecule has 0 spiro atoms. The summed E-state index contributed by atoms with van der Waals surface area (Å²) in [4.78, 5) is 13.8. The van der Waals surface area contributed by atoms with Crippen LogP contribution in [0.1, 0.15) is 5.69 Å². The van der Waals surface area contributed by atoms with Crippen LogP contribution in [0.2, 0.25) is 0 Å². The van der Waals surface area contributed by atoms with E-state index in [-0.39, 0.29) is 5.69 Å². The van der Waals surface area contributed by atoms with Gasteiger partial charge in [-0.2, -0.15) is 0 Å². The summed E-state index contributed by atoms with van der Waals surface area (Å²) in [6.07, 6.45) is 0. The van der Waals surface area contributed by atoms with Crippen LogP contribution < -0.4 is 5.73 Å². The zero-order valence-corrected chi connectivity index (χ0v) is 8.40. The highest BCUT2D eigenvalue weighted by Gasteiger charge is 2.13. The number of nitrogens with zero attached hydrogens (tertiary/aromatic N) is 2. The molecule has 0 saturated carbocycles. The first-order valence-electron chi connectivity index (χ1n) is 3.09. The average Bonchev–Trinajstić information content (AvgIpc) is 1.96. The van der Waals surface area contributed by atoms with Crippen LogP contribution in [-0.2, 0) is 0 Å². The maximum absolute atomic E-state index is 10.4. The molecule has 64 valence electrons. The molecule has 1 aromatic heterocycles. The third kappa shape index (κ3) is 1.63. The molecule has 1 rings (SSSR count). The van der Waals surface area contributed by atoms with Crippen LogP contribution in [0.4, 0.5) is 11.5 Å². The van der Waals surface area contributed by atoms with E-state index in [9.17, 15) is 10.1 Å². The fourth-order valence-electron chi connectivity index (χ4n) is 0.775. The minimum atomic E-state index is -0.468. The summed E-state index contributed by atoms with van der Waals surface area (Å²) in [7, 11) is 0. The van der Waals surface area contributed by atoms with Gasteiger partial charge in [-0.3, -0.25) is 10.1 Å². The van der Waals surface area contributed by atoms with Crippen molar-refractivity contribution in [1.82, 2.24) is 4.98 Å². The average molecular weight is 279 g/mol. The number of hydrogen-bond donors (Lipinski definition) is 1. The first-order valence-corrected chi connectivity index (χ1v) is 4.17. The van der Waals surface area contributed by atoms with Gasteiger partial charge in [-0.05, 0) is 29.5 Å². The number of anilines is 1. The van der Waals surface area contributed by atoms with E-state index in [1.807, 2.05) is 22.6 Å². The standard InChI is InChI=1S/C6H6IN3O2/c1-3-5(10(11)12)2-4(7)6(8)9-3/h2H,1H3,(H2,8,9). The Hall–Kier alpha value is -0.920. The lowest BCUT2D eigenvalue weighted by molar-refractivity contribution is -0.385. The number of rotatable bonds is 1. The zero-order chi connectivity index (χ0) is 9.30. The minimum Gasteiger partial charge on any atom is -0.383 e. The zero-order valence-electron chi connectivity index (χ0n) is 6.24. The van der Waals surface area contributed by atoms with Gasteiger partial charge in [0.05, 0.1) is 8.49 Å². The molecule has 0 saturated heterocycles. The van der Waals surface area contributed by atoms with Gasteiger partial charge in [0.1, 0.15) is 11.5 Å². The molecule has 1 aromatic rings. The molecule has 12 heavy (non-hydrogen) atoms. The van der Waals surface area contributed by atoms with Crippen molar-refractivity contribution in [2.75, 3.05) is 5.73 Å². The van der Waals surface area contributed by atoms with Crippen LogP contribution in [0, 0.1) is 20.6 Å². The highest BCUT2D eigenvalue weighted by molar-refractivity contribution is 14.1. The summed E-state index contributed by atoms with van der Waals surface area (Å²) in [6, 6.07) is 1.41. The van der Waals surface area contributed by atoms with Crippen LogP contribution in [0.5, 0.6) is 0 Å². The third-order valence-electron chi connectivity index (χ3n) is 1.36. The van der Waals surface area contributed by atoms with Crippen molar-refractivity contribution in [1.29, 1.82) is 0 Å². The normalized spacial score (nSPS) is 9.83. The van der Waals surface area contributed by atoms with Crippen molar-refractivity contribution in [3.05, 3.63) is 25.4 Å². The van der Waals surface area contributed by atoms with Crippen LogP contribution in [0.15, 0.2) is 6.07 Å². The lowest BCUT2D eigenvalue weighted by Crippen LogP contribution is -2.00. The lowest BCUT2D eigenvalue weighted by atomic mass is 10.3. The molecule has 0 bridgehead atoms. The number of hydrogen-bond acceptors (Lipinski definition) is 4. The number of nitro groups is 1. The van der Waals surface area contributed by atoms with Crippen molar-refractivity contribution in [3.63, 3.8) is 0 Å². The fourth-order valence-corrected chi connectivity index (χ4v) is 1.19. The number of aromatic nitrogens is 1. The van der Waals surface area contributed by atoms with Crippen molar-refractivity contribution in [3.8, 4) is 0 Å². The van der Waals surface area contributed by atoms with E-state index in [0.717, 1.165) is 0 Å². The molecule has 2 N–H and O–H groups in total. The lowest BCUT2D eigenvalue weighted by Gasteiger charge is -1.99. The number of nitrogens with two attached hydrogens (primary N) is 1. The molecule has 0 amide bonds. The first-order chi connectivity index (χ1) is 5.52. The second-order valence-corrected chi connectivity index (χ2v) is 3.38. The van der Waals surface area contributed by atoms with Crippen molar-refractivity contribution >= 4 is 34.1 Å². The van der Waals surface area contributed by atoms with Gasteiger partial charge >= 0.3 is 0 Å². The summed E-state index contributed by atoms with van der Waals surface area (Å²) in [5, 5.41) is 10.4. The summed E-state index contributed by atoms with van der Waals surface area (Å²) < 4.78 is 0.602. The SMILES string of the molecule is Cc1nc(N)c(I)cc1[N+](=O)[O-]. The summed E-state index contributed by atoms with van der Waals surface area (Å²) in [6.45, 7) is 1.56. The van der Waals surface area contributed by atoms with E-state index in [1.54, 1.807) is 6.92 Å². The van der Waals surface area contributed by atoms with Crippen molar-refractivity contribution in [2.45, 2.75) is 6.92 Å². The molecule has 0 aliphatic rings. The molecule has 6 heteroatoms. The van der Waals surface area contributed by atoms with E-state index < -0.39 is 4.92 Å². The van der Waals surface area contributed by atoms with Gasteiger partial charge in [0.25, 0.3) is 5.69 Å². The molecule has 0 radical (unpaired) electrons. The Bertz CT molecular complexity index is 340. The van der Waals surface area contributed by atoms with Gasteiger partial charge in [0.2, 0.25) is 0 Å². The number of halogens is 1. The second-order valence-electron chi connectivity index (χ2n) is 2.22. The molecule has 0 fully saturated rings. The second kappa shape index (κ2) is 3.21. The summed E-state index contributed by atoms with van der Waals surface area (Å²) >= 11 is 1.91. The third-order valence-corrected chi connectivity index (χ3v) is 2.23. The number of nitrogen functional groups attached to an aromatic ring is 1. The predicted octanol–water partition coefficient (Wildman–Crippen LogP) is 1.49. The predicted molar refractivity (Wildman–Crippen MR) is 52.8 cm³/mol. The van der Waals surface area contributed by atoms with Crippen LogP contribution in [0.25, 0.3) is 0 Å². The topological polar surface area (TPSA) is 82.0 Å². The highest BCUT2D eigenvalue weighted by atomic mass is 127. The van der Waals surface area contributed by atoms with Crippen LogP contribution in [-0.4, -0.2) is 9.91 Å². The Balaban J connectivity index is 3.33. The van der Waals surface area contributed by atoms with E-state index in [2.05, 4.69) is 4.98 Å². The Morgan fingerprint density at radius 1 is 1.75 bits per heavy atom. The van der Waals surface area contributed by atoms with Gasteiger partial charge in [-0.15, -0.1) is 0 Å². The highest BCUT2D eigenvalue weighted by Crippen LogP contribution is 2.22. The number of pyridine rings is 1. The molecular weight excluding hydrogens is 273 g/mol. The Labute approximate surface area is 82.3 Å². The Morgan fingerprint density at radius 3 is 2.83 bits per heavy atom. The van der Waals surface area contributed by atoms with Gasteiger partial charge in [-0.1, -0.05) is 0 Å². The Kier molecular flexibility index (Phi) is 2.46. The van der Waals surface area contributed by atoms with Crippen molar-refractivity contribution < 1.29 is 4.92 Å². The molecule has 0 aromatic carbocycles. The summed E-state index contributed by atoms with van der Waals surface area (Å²) in [5.41, 5.74) is 5.80. The van der Waals surface area contributed by atoms with E-state index in [1.165, 1.54) is 6.07 Å². The van der Waals surface area contributed by atoms with Crippen LogP contribution in [0.3, 0.4) is 0 Å². The van der Waals surface area contributed by atoms with E-state index >= 15 is 0 Å². The first kappa shape index (κ1) is 9.17. The molecule has 1 heterocycles. The molecule has 5 nitrogen and oxygen atoms in total. The molecule has 0 aliphatic heterocycles. The van der Waals surface area contributed by atoms with Crippen LogP contribution >= 0.6 is 22.6 Å². The smallest absolute Gasteiger partial charge is 0.291 e. The maximum atomic E-state index is 10.4.